The van der Waals surface area contributed by atoms with Crippen LogP contribution >= 0.6 is 0 Å². The maximum atomic E-state index is 15.2. The Bertz CT molecular complexity index is 2780. The van der Waals surface area contributed by atoms with E-state index < -0.39 is 45.8 Å². The van der Waals surface area contributed by atoms with Gasteiger partial charge in [0.25, 0.3) is 11.8 Å². The largest absolute Gasteiger partial charge is 0.455 e. The number of nitrogens with zero attached hydrogens (tertiary/aromatic N) is 5. The highest BCUT2D eigenvalue weighted by Gasteiger charge is 2.38. The van der Waals surface area contributed by atoms with Crippen molar-refractivity contribution in [2.45, 2.75) is 18.9 Å². The Balaban J connectivity index is 1.39. The number of anilines is 1. The molecular formula is C37H29F5N6O4S. The predicted octanol–water partition coefficient (Wildman–Crippen LogP) is 7.13. The first-order valence-corrected chi connectivity index (χ1v) is 18.2. The molecule has 5 heterocycles. The topological polar surface area (TPSA) is 113 Å². The van der Waals surface area contributed by atoms with Gasteiger partial charge in [0.05, 0.1) is 58.4 Å². The van der Waals surface area contributed by atoms with Crippen molar-refractivity contribution in [1.82, 2.24) is 24.6 Å². The van der Waals surface area contributed by atoms with Crippen LogP contribution in [0.15, 0.2) is 71.1 Å². The molecule has 3 aromatic carbocycles. The zero-order valence-electron chi connectivity index (χ0n) is 28.3. The summed E-state index contributed by atoms with van der Waals surface area (Å²) in [7, 11) is -1.21. The maximum Gasteiger partial charge on any atom is 0.261 e. The minimum absolute atomic E-state index is 0.0341. The number of halogens is 5. The van der Waals surface area contributed by atoms with Crippen molar-refractivity contribution in [3.05, 3.63) is 95.6 Å². The Labute approximate surface area is 298 Å². The number of nitrogens with one attached hydrogen (secondary N) is 1. The first-order chi connectivity index (χ1) is 25.1. The van der Waals surface area contributed by atoms with Gasteiger partial charge in [-0.15, -0.1) is 0 Å². The molecule has 0 spiro atoms. The number of carbonyl (C=O) groups is 1. The van der Waals surface area contributed by atoms with Gasteiger partial charge in [-0.05, 0) is 48.5 Å². The van der Waals surface area contributed by atoms with Gasteiger partial charge in [-0.1, -0.05) is 6.07 Å². The number of aromatic nitrogens is 3. The fraction of sp³-hybridized carbons (Fsp3) is 0.216. The lowest BCUT2D eigenvalue weighted by Gasteiger charge is -2.21. The van der Waals surface area contributed by atoms with Gasteiger partial charge in [-0.3, -0.25) is 18.4 Å². The molecule has 16 heteroatoms. The second-order valence-electron chi connectivity index (χ2n) is 13.1. The lowest BCUT2D eigenvalue weighted by molar-refractivity contribution is 0.0112. The van der Waals surface area contributed by atoms with Crippen molar-refractivity contribution in [2.24, 2.45) is 0 Å². The quantitative estimate of drug-likeness (QED) is 0.173. The lowest BCUT2D eigenvalue weighted by atomic mass is 10.0. The summed E-state index contributed by atoms with van der Waals surface area (Å²) in [5.74, 6) is -5.62. The van der Waals surface area contributed by atoms with Crippen LogP contribution in [0.5, 0.6) is 0 Å². The number of carbonyl (C=O) groups excluding carboxylic acids is 1. The molecule has 1 amide bonds. The molecule has 1 aliphatic heterocycles. The fourth-order valence-corrected chi connectivity index (χ4v) is 7.46. The highest BCUT2D eigenvalue weighted by Crippen LogP contribution is 2.42. The van der Waals surface area contributed by atoms with Crippen LogP contribution < -0.4 is 9.62 Å². The molecule has 1 N–H and O–H groups in total. The zero-order valence-corrected chi connectivity index (χ0v) is 29.2. The highest BCUT2D eigenvalue weighted by atomic mass is 32.2. The van der Waals surface area contributed by atoms with E-state index in [0.717, 1.165) is 22.7 Å². The van der Waals surface area contributed by atoms with Crippen molar-refractivity contribution < 1.29 is 39.6 Å². The monoisotopic (exact) mass is 748 g/mol. The van der Waals surface area contributed by atoms with E-state index in [1.165, 1.54) is 38.4 Å². The molecule has 0 radical (unpaired) electrons. The Morgan fingerprint density at radius 1 is 0.962 bits per heavy atom. The van der Waals surface area contributed by atoms with Gasteiger partial charge >= 0.3 is 0 Å². The van der Waals surface area contributed by atoms with Gasteiger partial charge in [0.1, 0.15) is 34.4 Å². The number of rotatable bonds is 7. The number of hydrogen-bond acceptors (Lipinski definition) is 7. The molecule has 1 aliphatic rings. The summed E-state index contributed by atoms with van der Waals surface area (Å²) in [6.45, 7) is -0.233. The summed E-state index contributed by atoms with van der Waals surface area (Å²) < 4.78 is 107. The molecule has 0 aliphatic carbocycles. The summed E-state index contributed by atoms with van der Waals surface area (Å²) >= 11 is 0. The number of hydrogen-bond donors (Lipinski definition) is 1. The van der Waals surface area contributed by atoms with E-state index in [0.29, 0.717) is 34.0 Å². The van der Waals surface area contributed by atoms with Gasteiger partial charge in [-0.2, -0.15) is 0 Å². The van der Waals surface area contributed by atoms with E-state index in [1.54, 1.807) is 33.6 Å². The third-order valence-corrected chi connectivity index (χ3v) is 10.8. The van der Waals surface area contributed by atoms with Crippen LogP contribution in [0.25, 0.3) is 61.0 Å². The summed E-state index contributed by atoms with van der Waals surface area (Å²) in [6.07, 6.45) is 0.709. The molecule has 8 rings (SSSR count). The van der Waals surface area contributed by atoms with Gasteiger partial charge in [0.15, 0.2) is 5.76 Å². The molecule has 272 valence electrons. The average Bonchev–Trinajstić information content (AvgIpc) is 3.79. The zero-order chi connectivity index (χ0) is 37.6. The molecule has 0 saturated carbocycles. The van der Waals surface area contributed by atoms with Crippen LogP contribution in [0.4, 0.5) is 27.6 Å². The third kappa shape index (κ3) is 5.81. The molecule has 7 aromatic rings. The number of amides is 1. The van der Waals surface area contributed by atoms with Crippen LogP contribution in [-0.4, -0.2) is 73.0 Å². The average molecular weight is 749 g/mol. The first-order valence-electron chi connectivity index (χ1n) is 16.4. The van der Waals surface area contributed by atoms with Crippen molar-refractivity contribution in [3.8, 4) is 22.6 Å². The number of pyridine rings is 1. The van der Waals surface area contributed by atoms with E-state index in [4.69, 9.17) is 14.4 Å². The highest BCUT2D eigenvalue weighted by molar-refractivity contribution is 7.92. The van der Waals surface area contributed by atoms with Crippen molar-refractivity contribution in [1.29, 1.82) is 0 Å². The van der Waals surface area contributed by atoms with Crippen LogP contribution in [0.1, 0.15) is 22.6 Å². The first kappa shape index (κ1) is 34.5. The van der Waals surface area contributed by atoms with E-state index in [1.807, 2.05) is 0 Å². The van der Waals surface area contributed by atoms with E-state index in [-0.39, 0.29) is 69.7 Å². The minimum atomic E-state index is -3.90. The number of furan rings is 1. The Morgan fingerprint density at radius 2 is 1.75 bits per heavy atom. The molecule has 4 aromatic heterocycles. The molecular weight excluding hydrogens is 720 g/mol. The Hall–Kier alpha value is -5.61. The van der Waals surface area contributed by atoms with Crippen LogP contribution in [0.2, 0.25) is 0 Å². The second kappa shape index (κ2) is 12.2. The molecule has 53 heavy (non-hydrogen) atoms. The van der Waals surface area contributed by atoms with Crippen molar-refractivity contribution in [2.75, 3.05) is 37.7 Å². The van der Waals surface area contributed by atoms with Crippen LogP contribution in [0, 0.1) is 17.5 Å². The molecule has 0 atom stereocenters. The molecule has 10 nitrogen and oxygen atoms in total. The lowest BCUT2D eigenvalue weighted by Crippen LogP contribution is -2.26. The molecule has 0 bridgehead atoms. The maximum absolute atomic E-state index is 15.2. The van der Waals surface area contributed by atoms with Gasteiger partial charge in [0, 0.05) is 55.5 Å². The molecule has 0 unspecified atom stereocenters. The summed E-state index contributed by atoms with van der Waals surface area (Å²) in [6, 6.07) is 15.1. The number of benzene rings is 3. The summed E-state index contributed by atoms with van der Waals surface area (Å²) in [4.78, 5) is 24.6. The standard InChI is InChI=1S/C37H29F5N6O4S/c1-43-36(49)33-23-14-22(29(46(2)53(3,50)51)16-31(23)52-35(33)20-8-7-19(38)13-25(20)40)26-9-10-27-34(45-26)30-15-21-24(39)5-4-6-28(21)48(30)32(44-27)17-47-12-11-37(41,42)18-47/h4-10,13-16H,11-12,17-18H2,1-3H3,(H,43,49). The van der Waals surface area contributed by atoms with Crippen molar-refractivity contribution in [3.63, 3.8) is 0 Å². The Morgan fingerprint density at radius 3 is 2.45 bits per heavy atom. The third-order valence-electron chi connectivity index (χ3n) is 9.58. The van der Waals surface area contributed by atoms with E-state index >= 15 is 8.78 Å². The van der Waals surface area contributed by atoms with Gasteiger partial charge in [0.2, 0.25) is 10.0 Å². The van der Waals surface area contributed by atoms with Gasteiger partial charge < -0.3 is 9.73 Å². The van der Waals surface area contributed by atoms with Gasteiger partial charge in [-0.25, -0.2) is 40.3 Å². The van der Waals surface area contributed by atoms with Crippen LogP contribution in [0.3, 0.4) is 0 Å². The second-order valence-corrected chi connectivity index (χ2v) is 15.1. The SMILES string of the molecule is CNC(=O)c1c(-c2ccc(F)cc2F)oc2cc(N(C)S(C)(=O)=O)c(-c3ccc4nc(CN5CCC(F)(F)C5)n5c6cccc(F)c6cc5c4n3)cc12. The predicted molar refractivity (Wildman–Crippen MR) is 190 cm³/mol. The Kier molecular flexibility index (Phi) is 7.96. The molecule has 1 saturated heterocycles. The van der Waals surface area contributed by atoms with E-state index in [2.05, 4.69) is 5.32 Å². The summed E-state index contributed by atoms with van der Waals surface area (Å²) in [5.41, 5.74) is 1.86. The molecule has 1 fully saturated rings. The smallest absolute Gasteiger partial charge is 0.261 e. The number of fused-ring (bicyclic) bond motifs is 6. The fourth-order valence-electron chi connectivity index (χ4n) is 6.95. The van der Waals surface area contributed by atoms with Crippen LogP contribution in [-0.2, 0) is 16.6 Å². The van der Waals surface area contributed by atoms with Crippen molar-refractivity contribution >= 4 is 60.0 Å². The summed E-state index contributed by atoms with van der Waals surface area (Å²) in [5, 5.41) is 2.96. The number of alkyl halides is 2. The normalized spacial score (nSPS) is 14.9. The minimum Gasteiger partial charge on any atom is -0.455 e. The number of likely N-dealkylation sites (tertiary alicyclic amines) is 1. The number of sulfonamides is 1. The van der Waals surface area contributed by atoms with E-state index in [9.17, 15) is 26.4 Å².